The Labute approximate surface area is 110 Å². The molecule has 2 aliphatic heterocycles. The topological polar surface area (TPSA) is 66.8 Å². The zero-order valence-corrected chi connectivity index (χ0v) is 10.4. The van der Waals surface area contributed by atoms with Crippen molar-refractivity contribution in [2.75, 3.05) is 18.1 Å². The number of ether oxygens (including phenoxy) is 1. The molecule has 1 unspecified atom stereocenters. The normalized spacial score (nSPS) is 25.4. The van der Waals surface area contributed by atoms with Crippen LogP contribution in [0, 0.1) is 5.92 Å². The van der Waals surface area contributed by atoms with E-state index in [9.17, 15) is 14.7 Å². The van der Waals surface area contributed by atoms with Crippen molar-refractivity contribution in [1.82, 2.24) is 0 Å². The van der Waals surface area contributed by atoms with Gasteiger partial charge in [0.1, 0.15) is 6.04 Å². The number of nitrogens with zero attached hydrogens (tertiary/aromatic N) is 1. The fraction of sp³-hybridized carbons (Fsp3) is 0.429. The fourth-order valence-electron chi connectivity index (χ4n) is 2.78. The Hall–Kier alpha value is -1.88. The van der Waals surface area contributed by atoms with Crippen molar-refractivity contribution in [1.29, 1.82) is 0 Å². The van der Waals surface area contributed by atoms with E-state index in [1.54, 1.807) is 0 Å². The molecular formula is C14H15NO4. The highest BCUT2D eigenvalue weighted by atomic mass is 16.5. The number of rotatable bonds is 2. The van der Waals surface area contributed by atoms with Crippen LogP contribution < -0.4 is 4.90 Å². The summed E-state index contributed by atoms with van der Waals surface area (Å²) in [6.07, 6.45) is 1.05. The van der Waals surface area contributed by atoms with Crippen molar-refractivity contribution in [3.63, 3.8) is 0 Å². The van der Waals surface area contributed by atoms with E-state index in [4.69, 9.17) is 4.74 Å². The smallest absolute Gasteiger partial charge is 0.327 e. The molecule has 0 spiro atoms. The number of benzene rings is 1. The summed E-state index contributed by atoms with van der Waals surface area (Å²) in [7, 11) is 0. The molecule has 1 aromatic carbocycles. The largest absolute Gasteiger partial charge is 0.480 e. The Bertz CT molecular complexity index is 522. The summed E-state index contributed by atoms with van der Waals surface area (Å²) in [5.74, 6) is -1.30. The predicted molar refractivity (Wildman–Crippen MR) is 68.0 cm³/mol. The van der Waals surface area contributed by atoms with Gasteiger partial charge < -0.3 is 9.84 Å². The van der Waals surface area contributed by atoms with Crippen molar-refractivity contribution in [2.45, 2.75) is 18.9 Å². The number of para-hydroxylation sites is 1. The summed E-state index contributed by atoms with van der Waals surface area (Å²) >= 11 is 0. The maximum atomic E-state index is 12.5. The maximum Gasteiger partial charge on any atom is 0.327 e. The van der Waals surface area contributed by atoms with Crippen LogP contribution in [0.1, 0.15) is 12.0 Å². The zero-order chi connectivity index (χ0) is 13.4. The minimum absolute atomic E-state index is 0.130. The van der Waals surface area contributed by atoms with Crippen LogP contribution in [0.3, 0.4) is 0 Å². The average molecular weight is 261 g/mol. The van der Waals surface area contributed by atoms with Crippen molar-refractivity contribution < 1.29 is 19.4 Å². The van der Waals surface area contributed by atoms with Gasteiger partial charge in [-0.05, 0) is 18.1 Å². The zero-order valence-electron chi connectivity index (χ0n) is 10.4. The van der Waals surface area contributed by atoms with Gasteiger partial charge in [0.25, 0.3) is 0 Å². The number of hydrogen-bond acceptors (Lipinski definition) is 3. The molecule has 2 aliphatic rings. The van der Waals surface area contributed by atoms with Gasteiger partial charge in [0, 0.05) is 18.7 Å². The van der Waals surface area contributed by atoms with E-state index in [-0.39, 0.29) is 11.8 Å². The predicted octanol–water partition coefficient (Wildman–Crippen LogP) is 1.07. The summed E-state index contributed by atoms with van der Waals surface area (Å²) in [6.45, 7) is 0.966. The lowest BCUT2D eigenvalue weighted by Crippen LogP contribution is -2.45. The van der Waals surface area contributed by atoms with Gasteiger partial charge in [-0.15, -0.1) is 0 Å². The van der Waals surface area contributed by atoms with Crippen LogP contribution in [-0.2, 0) is 20.7 Å². The number of fused-ring (bicyclic) bond motifs is 1. The van der Waals surface area contributed by atoms with Crippen LogP contribution in [0.5, 0.6) is 0 Å². The highest BCUT2D eigenvalue weighted by Gasteiger charge is 2.41. The van der Waals surface area contributed by atoms with Crippen LogP contribution in [0.25, 0.3) is 0 Å². The summed E-state index contributed by atoms with van der Waals surface area (Å²) in [6, 6.07) is 6.60. The number of carbonyl (C=O) groups is 2. The number of hydrogen-bond donors (Lipinski definition) is 1. The number of amides is 1. The number of aliphatic carboxylic acids is 1. The van der Waals surface area contributed by atoms with Crippen LogP contribution >= 0.6 is 0 Å². The molecule has 2 heterocycles. The van der Waals surface area contributed by atoms with Gasteiger partial charge in [-0.3, -0.25) is 9.69 Å². The van der Waals surface area contributed by atoms with Crippen LogP contribution in [0.4, 0.5) is 5.69 Å². The monoisotopic (exact) mass is 261 g/mol. The van der Waals surface area contributed by atoms with Crippen LogP contribution in [-0.4, -0.2) is 36.2 Å². The molecule has 0 radical (unpaired) electrons. The van der Waals surface area contributed by atoms with Gasteiger partial charge in [-0.2, -0.15) is 0 Å². The molecule has 1 aromatic rings. The van der Waals surface area contributed by atoms with Gasteiger partial charge in [0.15, 0.2) is 0 Å². The van der Waals surface area contributed by atoms with E-state index in [0.29, 0.717) is 26.1 Å². The lowest BCUT2D eigenvalue weighted by atomic mass is 10.1. The Morgan fingerprint density at radius 1 is 1.32 bits per heavy atom. The van der Waals surface area contributed by atoms with Gasteiger partial charge in [-0.25, -0.2) is 4.79 Å². The van der Waals surface area contributed by atoms with Crippen LogP contribution in [0.15, 0.2) is 24.3 Å². The maximum absolute atomic E-state index is 12.5. The number of carboxylic acid groups (broad SMARTS) is 1. The molecule has 1 saturated heterocycles. The third-order valence-corrected chi connectivity index (χ3v) is 3.78. The lowest BCUT2D eigenvalue weighted by Gasteiger charge is -2.25. The summed E-state index contributed by atoms with van der Waals surface area (Å²) in [5, 5.41) is 9.32. The first-order chi connectivity index (χ1) is 9.18. The molecule has 1 fully saturated rings. The fourth-order valence-corrected chi connectivity index (χ4v) is 2.78. The number of carbonyl (C=O) groups excluding carboxylic acids is 1. The standard InChI is InChI=1S/C14H15NO4/c16-13(10-5-6-19-8-10)15-11-4-2-1-3-9(11)7-12(15)14(17)18/h1-4,10,12H,5-8H2,(H,17,18)/t10?,12-/m0/s1. The Kier molecular flexibility index (Phi) is 2.98. The third-order valence-electron chi connectivity index (χ3n) is 3.78. The van der Waals surface area contributed by atoms with E-state index in [2.05, 4.69) is 0 Å². The SMILES string of the molecule is O=C(O)[C@@H]1Cc2ccccc2N1C(=O)C1CCOC1. The van der Waals surface area contributed by atoms with E-state index >= 15 is 0 Å². The summed E-state index contributed by atoms with van der Waals surface area (Å²) in [5.41, 5.74) is 1.65. The number of anilines is 1. The molecule has 5 heteroatoms. The van der Waals surface area contributed by atoms with E-state index in [1.807, 2.05) is 24.3 Å². The molecule has 0 aliphatic carbocycles. The first-order valence-electron chi connectivity index (χ1n) is 6.40. The molecule has 1 amide bonds. The van der Waals surface area contributed by atoms with Crippen molar-refractivity contribution in [3.8, 4) is 0 Å². The second kappa shape index (κ2) is 4.66. The Morgan fingerprint density at radius 2 is 2.11 bits per heavy atom. The Balaban J connectivity index is 1.95. The second-order valence-electron chi connectivity index (χ2n) is 4.96. The van der Waals surface area contributed by atoms with E-state index in [0.717, 1.165) is 11.3 Å². The molecule has 19 heavy (non-hydrogen) atoms. The lowest BCUT2D eigenvalue weighted by molar-refractivity contribution is -0.140. The third kappa shape index (κ3) is 2.00. The number of carboxylic acids is 1. The highest BCUT2D eigenvalue weighted by Crippen LogP contribution is 2.34. The van der Waals surface area contributed by atoms with Gasteiger partial charge >= 0.3 is 5.97 Å². The molecule has 3 rings (SSSR count). The Morgan fingerprint density at radius 3 is 2.79 bits per heavy atom. The summed E-state index contributed by atoms with van der Waals surface area (Å²) in [4.78, 5) is 25.3. The summed E-state index contributed by atoms with van der Waals surface area (Å²) < 4.78 is 5.23. The highest BCUT2D eigenvalue weighted by molar-refractivity contribution is 6.03. The molecule has 1 N–H and O–H groups in total. The van der Waals surface area contributed by atoms with Crippen molar-refractivity contribution >= 4 is 17.6 Å². The molecule has 0 bridgehead atoms. The molecular weight excluding hydrogens is 246 g/mol. The van der Waals surface area contributed by atoms with Crippen molar-refractivity contribution in [2.24, 2.45) is 5.92 Å². The van der Waals surface area contributed by atoms with Crippen LogP contribution in [0.2, 0.25) is 0 Å². The van der Waals surface area contributed by atoms with Gasteiger partial charge in [0.05, 0.1) is 12.5 Å². The van der Waals surface area contributed by atoms with E-state index < -0.39 is 12.0 Å². The first kappa shape index (κ1) is 12.2. The molecule has 0 saturated carbocycles. The molecule has 0 aromatic heterocycles. The molecule has 100 valence electrons. The molecule has 2 atom stereocenters. The van der Waals surface area contributed by atoms with Crippen molar-refractivity contribution in [3.05, 3.63) is 29.8 Å². The second-order valence-corrected chi connectivity index (χ2v) is 4.96. The van der Waals surface area contributed by atoms with Gasteiger partial charge in [-0.1, -0.05) is 18.2 Å². The minimum Gasteiger partial charge on any atom is -0.480 e. The minimum atomic E-state index is -0.955. The molecule has 5 nitrogen and oxygen atoms in total. The van der Waals surface area contributed by atoms with E-state index in [1.165, 1.54) is 4.90 Å². The van der Waals surface area contributed by atoms with Gasteiger partial charge in [0.2, 0.25) is 5.91 Å². The first-order valence-corrected chi connectivity index (χ1v) is 6.40. The quantitative estimate of drug-likeness (QED) is 0.864. The average Bonchev–Trinajstić information content (AvgIpc) is 3.05.